The van der Waals surface area contributed by atoms with Crippen molar-refractivity contribution in [3.05, 3.63) is 31.8 Å². The summed E-state index contributed by atoms with van der Waals surface area (Å²) >= 11 is 2.23. The molecule has 0 unspecified atom stereocenters. The largest absolute Gasteiger partial charge is 0.316 e. The first kappa shape index (κ1) is 9.84. The standard InChI is InChI=1S/C11H13IN2O/c12-9-2-10-8-1-7(4-13-5-8)6-14(10)11(15)3-9/h2-3,7-8,13H,1,4-6H2/t7-,8+/m0/s1. The Kier molecular flexibility index (Phi) is 2.35. The van der Waals surface area contributed by atoms with Crippen LogP contribution in [0.3, 0.4) is 0 Å². The number of nitrogens with zero attached hydrogens (tertiary/aromatic N) is 1. The van der Waals surface area contributed by atoms with E-state index >= 15 is 0 Å². The van der Waals surface area contributed by atoms with E-state index in [0.29, 0.717) is 11.8 Å². The maximum atomic E-state index is 11.9. The topological polar surface area (TPSA) is 34.0 Å². The Labute approximate surface area is 102 Å². The van der Waals surface area contributed by atoms with Gasteiger partial charge in [0, 0.05) is 34.3 Å². The normalized spacial score (nSPS) is 28.6. The van der Waals surface area contributed by atoms with Crippen molar-refractivity contribution in [3.63, 3.8) is 0 Å². The van der Waals surface area contributed by atoms with Crippen molar-refractivity contribution in [3.8, 4) is 0 Å². The van der Waals surface area contributed by atoms with Crippen molar-refractivity contribution < 1.29 is 0 Å². The maximum Gasteiger partial charge on any atom is 0.251 e. The molecule has 0 spiro atoms. The highest BCUT2D eigenvalue weighted by Crippen LogP contribution is 2.32. The van der Waals surface area contributed by atoms with Gasteiger partial charge in [-0.2, -0.15) is 0 Å². The molecule has 2 bridgehead atoms. The molecule has 15 heavy (non-hydrogen) atoms. The van der Waals surface area contributed by atoms with Crippen LogP contribution in [0.5, 0.6) is 0 Å². The van der Waals surface area contributed by atoms with Crippen LogP contribution in [-0.4, -0.2) is 17.7 Å². The minimum absolute atomic E-state index is 0.175. The van der Waals surface area contributed by atoms with E-state index in [1.54, 1.807) is 6.07 Å². The van der Waals surface area contributed by atoms with Crippen molar-refractivity contribution in [1.82, 2.24) is 9.88 Å². The van der Waals surface area contributed by atoms with Gasteiger partial charge in [0.2, 0.25) is 0 Å². The summed E-state index contributed by atoms with van der Waals surface area (Å²) in [6.45, 7) is 2.99. The third kappa shape index (κ3) is 1.63. The molecule has 3 nitrogen and oxygen atoms in total. The number of piperidine rings is 1. The molecule has 2 aliphatic heterocycles. The zero-order chi connectivity index (χ0) is 10.4. The molecule has 3 rings (SSSR count). The summed E-state index contributed by atoms with van der Waals surface area (Å²) in [7, 11) is 0. The second-order valence-electron chi connectivity index (χ2n) is 4.50. The summed E-state index contributed by atoms with van der Waals surface area (Å²) in [6.07, 6.45) is 1.24. The van der Waals surface area contributed by atoms with Gasteiger partial charge in [-0.15, -0.1) is 0 Å². The average Bonchev–Trinajstić information content (AvgIpc) is 2.21. The molecular formula is C11H13IN2O. The van der Waals surface area contributed by atoms with E-state index in [1.807, 2.05) is 4.57 Å². The Morgan fingerprint density at radius 1 is 1.40 bits per heavy atom. The van der Waals surface area contributed by atoms with Crippen LogP contribution >= 0.6 is 22.6 Å². The second kappa shape index (κ2) is 3.59. The fourth-order valence-electron chi connectivity index (χ4n) is 2.77. The van der Waals surface area contributed by atoms with E-state index < -0.39 is 0 Å². The number of hydrogen-bond acceptors (Lipinski definition) is 2. The van der Waals surface area contributed by atoms with Crippen molar-refractivity contribution in [2.24, 2.45) is 5.92 Å². The lowest BCUT2D eigenvalue weighted by atomic mass is 9.84. The van der Waals surface area contributed by atoms with Gasteiger partial charge in [0.15, 0.2) is 0 Å². The first-order valence-electron chi connectivity index (χ1n) is 5.35. The SMILES string of the molecule is O=c1cc(I)cc2n1C[C@@H]1CNC[C@H]2C1. The molecule has 1 saturated heterocycles. The molecule has 4 heteroatoms. The smallest absolute Gasteiger partial charge is 0.251 e. The molecule has 0 aliphatic carbocycles. The first-order chi connectivity index (χ1) is 7.24. The molecule has 1 N–H and O–H groups in total. The Balaban J connectivity index is 2.17. The molecule has 1 aromatic heterocycles. The number of nitrogens with one attached hydrogen (secondary N) is 1. The number of pyridine rings is 1. The lowest BCUT2D eigenvalue weighted by Gasteiger charge is -2.37. The minimum atomic E-state index is 0.175. The zero-order valence-corrected chi connectivity index (χ0v) is 10.5. The highest BCUT2D eigenvalue weighted by atomic mass is 127. The molecule has 0 aromatic carbocycles. The van der Waals surface area contributed by atoms with Gasteiger partial charge < -0.3 is 9.88 Å². The predicted octanol–water partition coefficient (Wildman–Crippen LogP) is 1.16. The number of hydrogen-bond donors (Lipinski definition) is 1. The van der Waals surface area contributed by atoms with Crippen molar-refractivity contribution in [1.29, 1.82) is 0 Å². The summed E-state index contributed by atoms with van der Waals surface area (Å²) < 4.78 is 3.04. The van der Waals surface area contributed by atoms with E-state index in [2.05, 4.69) is 34.0 Å². The number of aromatic nitrogens is 1. The molecule has 0 radical (unpaired) electrons. The minimum Gasteiger partial charge on any atom is -0.316 e. The molecule has 2 atom stereocenters. The van der Waals surface area contributed by atoms with Crippen LogP contribution in [-0.2, 0) is 6.54 Å². The van der Waals surface area contributed by atoms with Gasteiger partial charge in [-0.3, -0.25) is 4.79 Å². The second-order valence-corrected chi connectivity index (χ2v) is 5.75. The molecule has 0 amide bonds. The molecule has 2 aliphatic rings. The van der Waals surface area contributed by atoms with Crippen LogP contribution in [0.2, 0.25) is 0 Å². The number of rotatable bonds is 0. The molecule has 3 heterocycles. The third-order valence-electron chi connectivity index (χ3n) is 3.43. The van der Waals surface area contributed by atoms with Gasteiger partial charge in [0.1, 0.15) is 0 Å². The highest BCUT2D eigenvalue weighted by Gasteiger charge is 2.30. The summed E-state index contributed by atoms with van der Waals surface area (Å²) in [4.78, 5) is 11.9. The van der Waals surface area contributed by atoms with E-state index in [9.17, 15) is 4.79 Å². The zero-order valence-electron chi connectivity index (χ0n) is 8.37. The van der Waals surface area contributed by atoms with Crippen LogP contribution < -0.4 is 10.9 Å². The van der Waals surface area contributed by atoms with E-state index in [-0.39, 0.29) is 5.56 Å². The maximum absolute atomic E-state index is 11.9. The summed E-state index contributed by atoms with van der Waals surface area (Å²) in [5, 5.41) is 3.45. The summed E-state index contributed by atoms with van der Waals surface area (Å²) in [5.74, 6) is 1.19. The van der Waals surface area contributed by atoms with Crippen LogP contribution in [0.4, 0.5) is 0 Å². The molecule has 1 aromatic rings. The van der Waals surface area contributed by atoms with E-state index in [4.69, 9.17) is 0 Å². The van der Waals surface area contributed by atoms with Crippen LogP contribution in [0.15, 0.2) is 16.9 Å². The van der Waals surface area contributed by atoms with Crippen LogP contribution in [0, 0.1) is 9.49 Å². The first-order valence-corrected chi connectivity index (χ1v) is 6.43. The quantitative estimate of drug-likeness (QED) is 0.729. The molecular weight excluding hydrogens is 303 g/mol. The average molecular weight is 316 g/mol. The molecule has 80 valence electrons. The number of halogens is 1. The van der Waals surface area contributed by atoms with Gasteiger partial charge in [-0.05, 0) is 47.5 Å². The van der Waals surface area contributed by atoms with Crippen molar-refractivity contribution in [2.45, 2.75) is 18.9 Å². The lowest BCUT2D eigenvalue weighted by molar-refractivity contribution is 0.257. The van der Waals surface area contributed by atoms with Gasteiger partial charge in [0.25, 0.3) is 5.56 Å². The Morgan fingerprint density at radius 3 is 3.13 bits per heavy atom. The van der Waals surface area contributed by atoms with Gasteiger partial charge in [-0.1, -0.05) is 0 Å². The van der Waals surface area contributed by atoms with Crippen LogP contribution in [0.25, 0.3) is 0 Å². The number of fused-ring (bicyclic) bond motifs is 4. The Morgan fingerprint density at radius 2 is 2.27 bits per heavy atom. The molecule has 1 fully saturated rings. The van der Waals surface area contributed by atoms with Crippen molar-refractivity contribution in [2.75, 3.05) is 13.1 Å². The fraction of sp³-hybridized carbons (Fsp3) is 0.545. The van der Waals surface area contributed by atoms with Crippen LogP contribution in [0.1, 0.15) is 18.0 Å². The predicted molar refractivity (Wildman–Crippen MR) is 67.1 cm³/mol. The van der Waals surface area contributed by atoms with Crippen molar-refractivity contribution >= 4 is 22.6 Å². The third-order valence-corrected chi connectivity index (χ3v) is 4.05. The van der Waals surface area contributed by atoms with Gasteiger partial charge in [-0.25, -0.2) is 0 Å². The van der Waals surface area contributed by atoms with Gasteiger partial charge in [0.05, 0.1) is 0 Å². The summed E-state index contributed by atoms with van der Waals surface area (Å²) in [6, 6.07) is 3.90. The van der Waals surface area contributed by atoms with Gasteiger partial charge >= 0.3 is 0 Å². The molecule has 0 saturated carbocycles. The lowest BCUT2D eigenvalue weighted by Crippen LogP contribution is -2.44. The monoisotopic (exact) mass is 316 g/mol. The fourth-order valence-corrected chi connectivity index (χ4v) is 3.36. The van der Waals surface area contributed by atoms with E-state index in [0.717, 1.165) is 23.2 Å². The Bertz CT molecular complexity index is 454. The summed E-state index contributed by atoms with van der Waals surface area (Å²) in [5.41, 5.74) is 1.41. The van der Waals surface area contributed by atoms with E-state index in [1.165, 1.54) is 12.1 Å². The highest BCUT2D eigenvalue weighted by molar-refractivity contribution is 14.1. The Hall–Kier alpha value is -0.360.